The van der Waals surface area contributed by atoms with Crippen molar-refractivity contribution in [1.29, 1.82) is 0 Å². The van der Waals surface area contributed by atoms with Crippen LogP contribution in [0.4, 0.5) is 0 Å². The number of aromatic nitrogens is 2. The fraction of sp³-hybridized carbons (Fsp3) is 0.125. The van der Waals surface area contributed by atoms with Gasteiger partial charge in [0.1, 0.15) is 15.9 Å². The predicted octanol–water partition coefficient (Wildman–Crippen LogP) is -2.22. The minimum absolute atomic E-state index is 0. The molecule has 0 spiro atoms. The number of rotatable bonds is 1. The predicted molar refractivity (Wildman–Crippen MR) is 48.8 cm³/mol. The molecule has 7 heteroatoms. The maximum Gasteiger partial charge on any atom is 1.00 e. The van der Waals surface area contributed by atoms with E-state index in [0.29, 0.717) is 16.9 Å². The Balaban J connectivity index is 0.00000112. The van der Waals surface area contributed by atoms with Crippen molar-refractivity contribution in [3.63, 3.8) is 0 Å². The van der Waals surface area contributed by atoms with Crippen LogP contribution in [-0.2, 0) is 10.1 Å². The maximum atomic E-state index is 10.7. The molecule has 2 aromatic rings. The van der Waals surface area contributed by atoms with Crippen molar-refractivity contribution in [3.8, 4) is 0 Å². The number of imidazole rings is 1. The Morgan fingerprint density at radius 2 is 2.07 bits per heavy atom. The molecule has 0 atom stereocenters. The zero-order valence-electron chi connectivity index (χ0n) is 8.31. The zero-order valence-corrected chi connectivity index (χ0v) is 11.1. The second-order valence-electron chi connectivity index (χ2n) is 2.96. The Morgan fingerprint density at radius 1 is 1.40 bits per heavy atom. The van der Waals surface area contributed by atoms with Crippen LogP contribution in [0.5, 0.6) is 0 Å². The first kappa shape index (κ1) is 12.7. The number of hydrogen-bond acceptors (Lipinski definition) is 4. The third-order valence-electron chi connectivity index (χ3n) is 1.86. The van der Waals surface area contributed by atoms with Crippen molar-refractivity contribution in [3.05, 3.63) is 24.0 Å². The molecule has 0 bridgehead atoms. The van der Waals surface area contributed by atoms with Gasteiger partial charge in [0, 0.05) is 0 Å². The molecule has 0 aliphatic rings. The first-order valence-corrected chi connectivity index (χ1v) is 5.30. The van der Waals surface area contributed by atoms with E-state index in [-0.39, 0.29) is 34.5 Å². The molecule has 2 rings (SSSR count). The number of nitrogens with zero attached hydrogens (tertiary/aromatic N) is 1. The van der Waals surface area contributed by atoms with E-state index in [2.05, 4.69) is 9.97 Å². The van der Waals surface area contributed by atoms with Crippen LogP contribution in [0.1, 0.15) is 5.82 Å². The molecular formula is C8H7N2NaO3S. The van der Waals surface area contributed by atoms with Crippen LogP contribution in [0.2, 0.25) is 0 Å². The van der Waals surface area contributed by atoms with Crippen LogP contribution in [-0.4, -0.2) is 22.9 Å². The second-order valence-corrected chi connectivity index (χ2v) is 4.33. The SMILES string of the molecule is Cc1nc2ccc(S(=O)(=O)[O-])cc2[nH]1.[Na+]. The molecule has 1 aromatic heterocycles. The van der Waals surface area contributed by atoms with Crippen molar-refractivity contribution < 1.29 is 42.5 Å². The van der Waals surface area contributed by atoms with Crippen LogP contribution >= 0.6 is 0 Å². The largest absolute Gasteiger partial charge is 1.00 e. The first-order chi connectivity index (χ1) is 6.47. The number of nitrogens with one attached hydrogen (secondary N) is 1. The topological polar surface area (TPSA) is 85.9 Å². The van der Waals surface area contributed by atoms with E-state index in [1.807, 2.05) is 0 Å². The Labute approximate surface area is 109 Å². The van der Waals surface area contributed by atoms with Gasteiger partial charge in [0.15, 0.2) is 0 Å². The normalized spacial score (nSPS) is 11.3. The summed E-state index contributed by atoms with van der Waals surface area (Å²) in [6.07, 6.45) is 0. The minimum atomic E-state index is -4.38. The molecule has 0 unspecified atom stereocenters. The molecule has 0 amide bonds. The Kier molecular flexibility index (Phi) is 3.57. The van der Waals surface area contributed by atoms with E-state index in [1.54, 1.807) is 6.92 Å². The Morgan fingerprint density at radius 3 is 2.67 bits per heavy atom. The minimum Gasteiger partial charge on any atom is -0.744 e. The van der Waals surface area contributed by atoms with E-state index in [1.165, 1.54) is 18.2 Å². The van der Waals surface area contributed by atoms with Crippen LogP contribution in [0.3, 0.4) is 0 Å². The van der Waals surface area contributed by atoms with Gasteiger partial charge >= 0.3 is 29.6 Å². The standard InChI is InChI=1S/C8H8N2O3S.Na/c1-5-9-7-3-2-6(14(11,12)13)4-8(7)10-5;/h2-4H,1H3,(H,9,10)(H,11,12,13);/q;+1/p-1. The molecule has 0 saturated carbocycles. The van der Waals surface area contributed by atoms with E-state index in [0.717, 1.165) is 0 Å². The molecule has 15 heavy (non-hydrogen) atoms. The van der Waals surface area contributed by atoms with Crippen LogP contribution in [0.25, 0.3) is 11.0 Å². The smallest absolute Gasteiger partial charge is 0.744 e. The second kappa shape index (κ2) is 4.23. The summed E-state index contributed by atoms with van der Waals surface area (Å²) in [4.78, 5) is 6.70. The van der Waals surface area contributed by atoms with Crippen molar-refractivity contribution in [2.75, 3.05) is 0 Å². The van der Waals surface area contributed by atoms with Gasteiger partial charge in [0.25, 0.3) is 0 Å². The van der Waals surface area contributed by atoms with Crippen molar-refractivity contribution in [2.45, 2.75) is 11.8 Å². The molecule has 1 heterocycles. The first-order valence-electron chi connectivity index (χ1n) is 3.89. The quantitative estimate of drug-likeness (QED) is 0.447. The van der Waals surface area contributed by atoms with E-state index < -0.39 is 10.1 Å². The summed E-state index contributed by atoms with van der Waals surface area (Å²) in [5.41, 5.74) is 1.20. The van der Waals surface area contributed by atoms with Gasteiger partial charge in [0.05, 0.1) is 15.9 Å². The molecule has 74 valence electrons. The van der Waals surface area contributed by atoms with Gasteiger partial charge in [0.2, 0.25) is 0 Å². The third kappa shape index (κ3) is 2.59. The number of fused-ring (bicyclic) bond motifs is 1. The summed E-state index contributed by atoms with van der Waals surface area (Å²) in [5, 5.41) is 0. The van der Waals surface area contributed by atoms with Crippen molar-refractivity contribution in [2.24, 2.45) is 0 Å². The summed E-state index contributed by atoms with van der Waals surface area (Å²) in [6.45, 7) is 1.76. The molecule has 0 fully saturated rings. The average molecular weight is 234 g/mol. The molecule has 0 aliphatic carbocycles. The van der Waals surface area contributed by atoms with Gasteiger partial charge in [-0.25, -0.2) is 13.4 Å². The van der Waals surface area contributed by atoms with E-state index in [4.69, 9.17) is 0 Å². The molecule has 0 radical (unpaired) electrons. The van der Waals surface area contributed by atoms with E-state index in [9.17, 15) is 13.0 Å². The number of hydrogen-bond donors (Lipinski definition) is 1. The molecule has 1 aromatic carbocycles. The summed E-state index contributed by atoms with van der Waals surface area (Å²) >= 11 is 0. The Hall–Kier alpha value is -0.400. The zero-order chi connectivity index (χ0) is 10.3. The molecule has 0 aliphatic heterocycles. The van der Waals surface area contributed by atoms with Gasteiger partial charge in [-0.1, -0.05) is 0 Å². The fourth-order valence-electron chi connectivity index (χ4n) is 1.27. The molecular weight excluding hydrogens is 227 g/mol. The van der Waals surface area contributed by atoms with Gasteiger partial charge in [-0.3, -0.25) is 0 Å². The maximum absolute atomic E-state index is 10.7. The van der Waals surface area contributed by atoms with Gasteiger partial charge in [-0.15, -0.1) is 0 Å². The number of H-pyrrole nitrogens is 1. The summed E-state index contributed by atoms with van der Waals surface area (Å²) in [6, 6.07) is 4.05. The Bertz CT molecular complexity index is 591. The fourth-order valence-corrected chi connectivity index (χ4v) is 1.77. The summed E-state index contributed by atoms with van der Waals surface area (Å²) in [7, 11) is -4.38. The van der Waals surface area contributed by atoms with Crippen molar-refractivity contribution >= 4 is 21.2 Å². The van der Waals surface area contributed by atoms with Gasteiger partial charge in [-0.2, -0.15) is 0 Å². The van der Waals surface area contributed by atoms with Crippen molar-refractivity contribution in [1.82, 2.24) is 9.97 Å². The summed E-state index contributed by atoms with van der Waals surface area (Å²) in [5.74, 6) is 0.681. The third-order valence-corrected chi connectivity index (χ3v) is 2.69. The van der Waals surface area contributed by atoms with Gasteiger partial charge in [-0.05, 0) is 25.1 Å². The monoisotopic (exact) mass is 234 g/mol. The van der Waals surface area contributed by atoms with Crippen LogP contribution in [0.15, 0.2) is 23.1 Å². The number of aromatic amines is 1. The van der Waals surface area contributed by atoms with Crippen LogP contribution < -0.4 is 29.6 Å². The van der Waals surface area contributed by atoms with Gasteiger partial charge < -0.3 is 9.54 Å². The van der Waals surface area contributed by atoms with E-state index >= 15 is 0 Å². The average Bonchev–Trinajstić information content (AvgIpc) is 2.41. The van der Waals surface area contributed by atoms with Crippen LogP contribution in [0, 0.1) is 6.92 Å². The summed E-state index contributed by atoms with van der Waals surface area (Å²) < 4.78 is 32.1. The molecule has 1 N–H and O–H groups in total. The molecule has 5 nitrogen and oxygen atoms in total. The molecule has 0 saturated heterocycles. The number of aryl methyl sites for hydroxylation is 1. The number of benzene rings is 1.